The van der Waals surface area contributed by atoms with Crippen molar-refractivity contribution in [3.63, 3.8) is 0 Å². The number of ether oxygens (including phenoxy) is 2. The quantitative estimate of drug-likeness (QED) is 0.388. The number of fused-ring (bicyclic) bond motifs is 1. The minimum atomic E-state index is -0.534. The van der Waals surface area contributed by atoms with Gasteiger partial charge in [-0.05, 0) is 39.0 Å². The van der Waals surface area contributed by atoms with Crippen molar-refractivity contribution in [2.45, 2.75) is 20.8 Å². The minimum absolute atomic E-state index is 0.0817. The monoisotopic (exact) mass is 498 g/mol. The van der Waals surface area contributed by atoms with Crippen molar-refractivity contribution in [1.82, 2.24) is 9.97 Å². The van der Waals surface area contributed by atoms with Crippen molar-refractivity contribution in [2.75, 3.05) is 30.0 Å². The molecule has 4 rings (SSSR count). The van der Waals surface area contributed by atoms with E-state index in [1.807, 2.05) is 26.0 Å². The number of amides is 2. The Kier molecular flexibility index (Phi) is 6.75. The molecule has 0 atom stereocenters. The third-order valence-corrected chi connectivity index (χ3v) is 6.88. The summed E-state index contributed by atoms with van der Waals surface area (Å²) in [7, 11) is 0. The van der Waals surface area contributed by atoms with Crippen LogP contribution in [-0.4, -0.2) is 47.5 Å². The maximum atomic E-state index is 12.8. The number of benzene rings is 1. The van der Waals surface area contributed by atoms with Gasteiger partial charge in [-0.15, -0.1) is 11.3 Å². The highest BCUT2D eigenvalue weighted by Gasteiger charge is 2.29. The van der Waals surface area contributed by atoms with Crippen LogP contribution in [0.3, 0.4) is 0 Å². The summed E-state index contributed by atoms with van der Waals surface area (Å²) < 4.78 is 10.6. The molecular formula is C23H22N4O5S2. The number of hydrogen-bond acceptors (Lipinski definition) is 9. The van der Waals surface area contributed by atoms with Gasteiger partial charge in [0.05, 0.1) is 22.1 Å². The van der Waals surface area contributed by atoms with Crippen LogP contribution >= 0.6 is 22.7 Å². The molecule has 2 aromatic heterocycles. The molecule has 176 valence electrons. The highest BCUT2D eigenvalue weighted by Crippen LogP contribution is 2.37. The SMILES string of the molecule is C=CCOC(=O)c1sc(NC(=O)CN2C(=O)COc3ccc(-c4nc(C)sc4C)cc32)nc1C. The summed E-state index contributed by atoms with van der Waals surface area (Å²) in [4.78, 5) is 49.1. The Labute approximate surface area is 204 Å². The van der Waals surface area contributed by atoms with Gasteiger partial charge >= 0.3 is 5.97 Å². The molecule has 0 radical (unpaired) electrons. The molecule has 11 heteroatoms. The number of nitrogens with one attached hydrogen (secondary N) is 1. The van der Waals surface area contributed by atoms with Gasteiger partial charge in [-0.1, -0.05) is 24.0 Å². The molecule has 0 fully saturated rings. The van der Waals surface area contributed by atoms with Crippen LogP contribution in [0.5, 0.6) is 5.75 Å². The van der Waals surface area contributed by atoms with Crippen LogP contribution in [-0.2, 0) is 14.3 Å². The van der Waals surface area contributed by atoms with Crippen molar-refractivity contribution in [3.05, 3.63) is 51.3 Å². The molecule has 1 N–H and O–H groups in total. The zero-order chi connectivity index (χ0) is 24.4. The number of anilines is 2. The van der Waals surface area contributed by atoms with Crippen LogP contribution in [0.2, 0.25) is 0 Å². The van der Waals surface area contributed by atoms with E-state index >= 15 is 0 Å². The molecule has 0 saturated carbocycles. The highest BCUT2D eigenvalue weighted by molar-refractivity contribution is 7.17. The maximum absolute atomic E-state index is 12.8. The molecule has 0 saturated heterocycles. The van der Waals surface area contributed by atoms with Crippen molar-refractivity contribution in [3.8, 4) is 17.0 Å². The maximum Gasteiger partial charge on any atom is 0.350 e. The number of rotatable bonds is 7. The summed E-state index contributed by atoms with van der Waals surface area (Å²) in [5, 5.41) is 3.86. The molecule has 3 aromatic rings. The topological polar surface area (TPSA) is 111 Å². The summed E-state index contributed by atoms with van der Waals surface area (Å²) in [6.07, 6.45) is 1.47. The molecule has 1 aliphatic heterocycles. The van der Waals surface area contributed by atoms with Crippen molar-refractivity contribution in [2.24, 2.45) is 0 Å². The number of aromatic nitrogens is 2. The summed E-state index contributed by atoms with van der Waals surface area (Å²) in [6.45, 7) is 8.78. The van der Waals surface area contributed by atoms with Gasteiger partial charge in [0.15, 0.2) is 11.7 Å². The lowest BCUT2D eigenvalue weighted by Crippen LogP contribution is -2.43. The molecule has 0 bridgehead atoms. The zero-order valence-corrected chi connectivity index (χ0v) is 20.5. The van der Waals surface area contributed by atoms with E-state index in [9.17, 15) is 14.4 Å². The van der Waals surface area contributed by atoms with Gasteiger partial charge in [-0.25, -0.2) is 14.8 Å². The van der Waals surface area contributed by atoms with E-state index in [1.165, 1.54) is 11.0 Å². The van der Waals surface area contributed by atoms with E-state index in [1.54, 1.807) is 24.3 Å². The largest absolute Gasteiger partial charge is 0.482 e. The van der Waals surface area contributed by atoms with Crippen LogP contribution in [0.1, 0.15) is 25.3 Å². The third kappa shape index (κ3) is 4.85. The van der Waals surface area contributed by atoms with E-state index in [-0.39, 0.29) is 30.8 Å². The van der Waals surface area contributed by atoms with Gasteiger partial charge in [-0.3, -0.25) is 14.5 Å². The van der Waals surface area contributed by atoms with Crippen LogP contribution in [0, 0.1) is 20.8 Å². The van der Waals surface area contributed by atoms with Gasteiger partial charge in [-0.2, -0.15) is 0 Å². The van der Waals surface area contributed by atoms with Gasteiger partial charge in [0.25, 0.3) is 5.91 Å². The van der Waals surface area contributed by atoms with Crippen molar-refractivity contribution < 1.29 is 23.9 Å². The predicted molar refractivity (Wildman–Crippen MR) is 131 cm³/mol. The lowest BCUT2D eigenvalue weighted by Gasteiger charge is -2.29. The Bertz CT molecular complexity index is 1300. The molecule has 1 aromatic carbocycles. The van der Waals surface area contributed by atoms with Gasteiger partial charge in [0.1, 0.15) is 23.8 Å². The van der Waals surface area contributed by atoms with E-state index in [2.05, 4.69) is 21.9 Å². The summed E-state index contributed by atoms with van der Waals surface area (Å²) in [6, 6.07) is 5.48. The standard InChI is InChI=1S/C23H22N4O5S2/c1-5-8-31-22(30)21-12(2)24-23(34-21)26-18(28)10-27-16-9-15(20-13(3)33-14(4)25-20)6-7-17(16)32-11-19(27)29/h5-7,9H,1,8,10-11H2,2-4H3,(H,24,26,28). The second-order valence-corrected chi connectivity index (χ2v) is 9.86. The molecule has 0 unspecified atom stereocenters. The Balaban J connectivity index is 1.53. The predicted octanol–water partition coefficient (Wildman–Crippen LogP) is 3.90. The first kappa shape index (κ1) is 23.6. The molecule has 2 amide bonds. The lowest BCUT2D eigenvalue weighted by molar-refractivity contribution is -0.123. The fraction of sp³-hybridized carbons (Fsp3) is 0.261. The summed E-state index contributed by atoms with van der Waals surface area (Å²) in [5.74, 6) is -0.812. The number of thiazole rings is 2. The molecule has 0 aliphatic carbocycles. The van der Waals surface area contributed by atoms with E-state index in [0.29, 0.717) is 22.0 Å². The number of esters is 1. The smallest absolute Gasteiger partial charge is 0.350 e. The van der Waals surface area contributed by atoms with Gasteiger partial charge in [0, 0.05) is 10.4 Å². The third-order valence-electron chi connectivity index (χ3n) is 4.94. The van der Waals surface area contributed by atoms with Crippen molar-refractivity contribution in [1.29, 1.82) is 0 Å². The van der Waals surface area contributed by atoms with E-state index in [4.69, 9.17) is 9.47 Å². The first-order valence-corrected chi connectivity index (χ1v) is 12.0. The average molecular weight is 499 g/mol. The van der Waals surface area contributed by atoms with Crippen molar-refractivity contribution >= 4 is 51.3 Å². The Hall–Kier alpha value is -3.57. The van der Waals surface area contributed by atoms with E-state index in [0.717, 1.165) is 32.5 Å². The lowest BCUT2D eigenvalue weighted by atomic mass is 10.1. The summed E-state index contributed by atoms with van der Waals surface area (Å²) in [5.41, 5.74) is 2.61. The molecule has 0 spiro atoms. The molecule has 1 aliphatic rings. The summed E-state index contributed by atoms with van der Waals surface area (Å²) >= 11 is 2.60. The Morgan fingerprint density at radius 1 is 1.26 bits per heavy atom. The minimum Gasteiger partial charge on any atom is -0.482 e. The molecular weight excluding hydrogens is 476 g/mol. The van der Waals surface area contributed by atoms with Crippen LogP contribution in [0.4, 0.5) is 10.8 Å². The number of carbonyl (C=O) groups excluding carboxylic acids is 3. The fourth-order valence-electron chi connectivity index (χ4n) is 3.46. The van der Waals surface area contributed by atoms with Gasteiger partial charge in [0.2, 0.25) is 5.91 Å². The second-order valence-electron chi connectivity index (χ2n) is 7.46. The molecule has 9 nitrogen and oxygen atoms in total. The van der Waals surface area contributed by atoms with Crippen LogP contribution in [0.25, 0.3) is 11.3 Å². The van der Waals surface area contributed by atoms with E-state index < -0.39 is 11.9 Å². The normalized spacial score (nSPS) is 12.7. The number of carbonyl (C=O) groups is 3. The molecule has 34 heavy (non-hydrogen) atoms. The highest BCUT2D eigenvalue weighted by atomic mass is 32.1. The number of hydrogen-bond donors (Lipinski definition) is 1. The first-order valence-electron chi connectivity index (χ1n) is 10.3. The second kappa shape index (κ2) is 9.74. The number of aryl methyl sites for hydroxylation is 3. The molecule has 3 heterocycles. The fourth-order valence-corrected chi connectivity index (χ4v) is 5.18. The number of nitrogens with zero attached hydrogens (tertiary/aromatic N) is 3. The first-order chi connectivity index (χ1) is 16.3. The Morgan fingerprint density at radius 3 is 2.76 bits per heavy atom. The Morgan fingerprint density at radius 2 is 2.06 bits per heavy atom. The average Bonchev–Trinajstić information content (AvgIpc) is 3.34. The van der Waals surface area contributed by atoms with Gasteiger partial charge < -0.3 is 14.8 Å². The van der Waals surface area contributed by atoms with Crippen LogP contribution < -0.4 is 15.0 Å². The zero-order valence-electron chi connectivity index (χ0n) is 18.8. The van der Waals surface area contributed by atoms with Crippen LogP contribution in [0.15, 0.2) is 30.9 Å².